The van der Waals surface area contributed by atoms with Crippen LogP contribution >= 0.6 is 0 Å². The Morgan fingerprint density at radius 3 is 1.34 bits per heavy atom. The van der Waals surface area contributed by atoms with Gasteiger partial charge in [-0.05, 0) is 91.2 Å². The van der Waals surface area contributed by atoms with Crippen molar-refractivity contribution < 1.29 is 0 Å². The standard InChI is InChI=1S/C41H48/c1-39(2,3)36-25-32-33-26-37(40(4,5)6)31(28-19-13-10-14-20-28)24-35(33)38(41(7,8)29-21-15-16-22-29)34(32)23-30(36)27-17-11-9-12-18-27/h9-15,17-26,32-35,38H,16H2,1-8H3. The highest BCUT2D eigenvalue weighted by molar-refractivity contribution is 5.84. The van der Waals surface area contributed by atoms with Crippen LogP contribution in [0.4, 0.5) is 0 Å². The maximum atomic E-state index is 2.72. The molecule has 2 aromatic rings. The predicted octanol–water partition coefficient (Wildman–Crippen LogP) is 11.1. The summed E-state index contributed by atoms with van der Waals surface area (Å²) in [6.45, 7) is 19.4. The van der Waals surface area contributed by atoms with Crippen LogP contribution in [0, 0.1) is 45.8 Å². The van der Waals surface area contributed by atoms with E-state index < -0.39 is 0 Å². The van der Waals surface area contributed by atoms with E-state index in [1.165, 1.54) is 39.0 Å². The van der Waals surface area contributed by atoms with Crippen molar-refractivity contribution in [2.75, 3.05) is 0 Å². The van der Waals surface area contributed by atoms with Crippen molar-refractivity contribution in [3.8, 4) is 0 Å². The van der Waals surface area contributed by atoms with E-state index >= 15 is 0 Å². The van der Waals surface area contributed by atoms with Crippen LogP contribution in [0.3, 0.4) is 0 Å². The van der Waals surface area contributed by atoms with Crippen LogP contribution in [0.1, 0.15) is 72.9 Å². The van der Waals surface area contributed by atoms with Gasteiger partial charge in [-0.25, -0.2) is 0 Å². The van der Waals surface area contributed by atoms with Crippen LogP contribution in [0.5, 0.6) is 0 Å². The molecule has 4 aliphatic rings. The van der Waals surface area contributed by atoms with Gasteiger partial charge >= 0.3 is 0 Å². The first-order valence-electron chi connectivity index (χ1n) is 15.7. The average Bonchev–Trinajstić information content (AvgIpc) is 3.59. The third kappa shape index (κ3) is 4.88. The quantitative estimate of drug-likeness (QED) is 0.362. The Bertz CT molecular complexity index is 1390. The smallest absolute Gasteiger partial charge is 0.00668 e. The minimum Gasteiger partial charge on any atom is -0.0804 e. The van der Waals surface area contributed by atoms with Gasteiger partial charge in [0.25, 0.3) is 0 Å². The first-order valence-corrected chi connectivity index (χ1v) is 15.7. The Kier molecular flexibility index (Phi) is 6.84. The number of rotatable bonds is 4. The Labute approximate surface area is 249 Å². The second-order valence-corrected chi connectivity index (χ2v) is 15.4. The lowest BCUT2D eigenvalue weighted by molar-refractivity contribution is 0.192. The fourth-order valence-electron chi connectivity index (χ4n) is 8.39. The molecule has 0 saturated heterocycles. The van der Waals surface area contributed by atoms with Gasteiger partial charge in [-0.3, -0.25) is 0 Å². The van der Waals surface area contributed by atoms with Crippen molar-refractivity contribution in [1.82, 2.24) is 0 Å². The fraction of sp³-hybridized carbons (Fsp3) is 0.415. The summed E-state index contributed by atoms with van der Waals surface area (Å²) in [4.78, 5) is 0. The molecule has 1 saturated carbocycles. The first-order chi connectivity index (χ1) is 19.4. The van der Waals surface area contributed by atoms with Gasteiger partial charge in [-0.2, -0.15) is 0 Å². The number of fused-ring (bicyclic) bond motifs is 3. The topological polar surface area (TPSA) is 0 Å². The molecule has 0 heterocycles. The zero-order valence-corrected chi connectivity index (χ0v) is 26.4. The van der Waals surface area contributed by atoms with Gasteiger partial charge in [0.1, 0.15) is 0 Å². The Morgan fingerprint density at radius 2 is 0.976 bits per heavy atom. The minimum atomic E-state index is 0.0616. The molecular weight excluding hydrogens is 492 g/mol. The van der Waals surface area contributed by atoms with Crippen molar-refractivity contribution in [2.45, 2.75) is 61.8 Å². The van der Waals surface area contributed by atoms with E-state index in [0.29, 0.717) is 29.6 Å². The van der Waals surface area contributed by atoms with Gasteiger partial charge in [-0.15, -0.1) is 0 Å². The van der Waals surface area contributed by atoms with E-state index in [9.17, 15) is 0 Å². The third-order valence-corrected chi connectivity index (χ3v) is 10.3. The molecular formula is C41H48. The summed E-state index contributed by atoms with van der Waals surface area (Å²) in [6, 6.07) is 22.3. The normalized spacial score (nSPS) is 27.8. The van der Waals surface area contributed by atoms with E-state index in [-0.39, 0.29) is 16.2 Å². The second kappa shape index (κ2) is 10.0. The van der Waals surface area contributed by atoms with Crippen LogP contribution in [0.25, 0.3) is 11.1 Å². The van der Waals surface area contributed by atoms with Gasteiger partial charge in [0.05, 0.1) is 0 Å². The highest BCUT2D eigenvalue weighted by Gasteiger charge is 2.56. The molecule has 0 nitrogen and oxygen atoms in total. The molecule has 1 fully saturated rings. The summed E-state index contributed by atoms with van der Waals surface area (Å²) in [7, 11) is 0. The lowest BCUT2D eigenvalue weighted by Gasteiger charge is -2.42. The Hall–Kier alpha value is -3.12. The molecule has 0 aliphatic heterocycles. The minimum absolute atomic E-state index is 0.0616. The van der Waals surface area contributed by atoms with Crippen LogP contribution in [-0.4, -0.2) is 0 Å². The molecule has 0 bridgehead atoms. The molecule has 0 N–H and O–H groups in total. The van der Waals surface area contributed by atoms with Crippen LogP contribution in [-0.2, 0) is 0 Å². The molecule has 41 heavy (non-hydrogen) atoms. The van der Waals surface area contributed by atoms with Gasteiger partial charge < -0.3 is 0 Å². The van der Waals surface area contributed by atoms with Crippen molar-refractivity contribution in [2.24, 2.45) is 45.8 Å². The van der Waals surface area contributed by atoms with Gasteiger partial charge in [-0.1, -0.05) is 159 Å². The zero-order valence-electron chi connectivity index (χ0n) is 26.4. The molecule has 4 unspecified atom stereocenters. The zero-order chi connectivity index (χ0) is 29.2. The van der Waals surface area contributed by atoms with E-state index in [4.69, 9.17) is 0 Å². The van der Waals surface area contributed by atoms with Crippen molar-refractivity contribution in [1.29, 1.82) is 0 Å². The number of hydrogen-bond donors (Lipinski definition) is 0. The number of allylic oxidation sites excluding steroid dienone is 12. The monoisotopic (exact) mass is 540 g/mol. The van der Waals surface area contributed by atoms with E-state index in [2.05, 4.69) is 159 Å². The maximum Gasteiger partial charge on any atom is -0.00668 e. The predicted molar refractivity (Wildman–Crippen MR) is 177 cm³/mol. The fourth-order valence-corrected chi connectivity index (χ4v) is 8.39. The van der Waals surface area contributed by atoms with Gasteiger partial charge in [0.2, 0.25) is 0 Å². The number of hydrogen-bond acceptors (Lipinski definition) is 0. The molecule has 0 spiro atoms. The summed E-state index contributed by atoms with van der Waals surface area (Å²) in [5.41, 5.74) is 10.3. The molecule has 0 radical (unpaired) electrons. The highest BCUT2D eigenvalue weighted by Crippen LogP contribution is 2.63. The van der Waals surface area contributed by atoms with E-state index in [0.717, 1.165) is 6.42 Å². The second-order valence-electron chi connectivity index (χ2n) is 15.4. The average molecular weight is 541 g/mol. The van der Waals surface area contributed by atoms with Crippen LogP contribution < -0.4 is 0 Å². The molecule has 0 heteroatoms. The summed E-state index contributed by atoms with van der Waals surface area (Å²) < 4.78 is 0. The van der Waals surface area contributed by atoms with Gasteiger partial charge in [0, 0.05) is 0 Å². The van der Waals surface area contributed by atoms with Crippen LogP contribution in [0.2, 0.25) is 0 Å². The lowest BCUT2D eigenvalue weighted by atomic mass is 9.62. The Morgan fingerprint density at radius 1 is 0.537 bits per heavy atom. The summed E-state index contributed by atoms with van der Waals surface area (Å²) >= 11 is 0. The molecule has 0 amide bonds. The highest BCUT2D eigenvalue weighted by atomic mass is 14.6. The molecule has 212 valence electrons. The van der Waals surface area contributed by atoms with Gasteiger partial charge in [0.15, 0.2) is 0 Å². The maximum absolute atomic E-state index is 2.72. The molecule has 2 aromatic carbocycles. The van der Waals surface area contributed by atoms with Crippen LogP contribution in [0.15, 0.2) is 120 Å². The third-order valence-electron chi connectivity index (χ3n) is 10.3. The molecule has 4 aliphatic carbocycles. The van der Waals surface area contributed by atoms with Crippen molar-refractivity contribution in [3.05, 3.63) is 131 Å². The summed E-state index contributed by atoms with van der Waals surface area (Å²) in [6.07, 6.45) is 19.2. The molecule has 4 atom stereocenters. The van der Waals surface area contributed by atoms with Crippen molar-refractivity contribution in [3.63, 3.8) is 0 Å². The molecule has 6 rings (SSSR count). The summed E-state index contributed by atoms with van der Waals surface area (Å²) in [5.74, 6) is 2.42. The lowest BCUT2D eigenvalue weighted by Crippen LogP contribution is -2.34. The van der Waals surface area contributed by atoms with Crippen molar-refractivity contribution >= 4 is 11.1 Å². The SMILES string of the molecule is CC(C)(C)C1=CC2C3C=C(C(C)(C)C)C(c4ccccc4)=CC3C(C(C)(C)C3=CCC=C3)C2C=C1c1ccccc1. The number of benzene rings is 2. The molecule has 0 aromatic heterocycles. The first kappa shape index (κ1) is 28.0. The largest absolute Gasteiger partial charge is 0.0804 e. The Balaban J connectivity index is 1.59. The van der Waals surface area contributed by atoms with E-state index in [1.807, 2.05) is 0 Å². The summed E-state index contributed by atoms with van der Waals surface area (Å²) in [5, 5.41) is 0. The van der Waals surface area contributed by atoms with E-state index in [1.54, 1.807) is 0 Å².